The van der Waals surface area contributed by atoms with Crippen LogP contribution in [0.4, 0.5) is 10.2 Å². The molecule has 1 aliphatic rings. The molecule has 0 bridgehead atoms. The summed E-state index contributed by atoms with van der Waals surface area (Å²) in [5.41, 5.74) is 11.4. The Bertz CT molecular complexity index is 1320. The molecule has 1 aliphatic heterocycles. The third-order valence-electron chi connectivity index (χ3n) is 5.74. The first kappa shape index (κ1) is 21.6. The van der Waals surface area contributed by atoms with E-state index in [4.69, 9.17) is 10.3 Å². The Morgan fingerprint density at radius 1 is 1.09 bits per heavy atom. The first-order chi connectivity index (χ1) is 15.9. The lowest BCUT2D eigenvalue weighted by atomic mass is 9.98. The van der Waals surface area contributed by atoms with Gasteiger partial charge in [-0.3, -0.25) is 0 Å². The Hall–Kier alpha value is -3.23. The van der Waals surface area contributed by atoms with Crippen molar-refractivity contribution in [3.63, 3.8) is 0 Å². The summed E-state index contributed by atoms with van der Waals surface area (Å²) in [7, 11) is 1.91. The number of anilines is 1. The third kappa shape index (κ3) is 4.00. The number of aromatic nitrogens is 3. The molecule has 0 fully saturated rings. The van der Waals surface area contributed by atoms with Gasteiger partial charge < -0.3 is 15.6 Å². The summed E-state index contributed by atoms with van der Waals surface area (Å²) in [6, 6.07) is 15.6. The predicted octanol–water partition coefficient (Wildman–Crippen LogP) is 5.66. The van der Waals surface area contributed by atoms with Crippen LogP contribution < -0.4 is 11.1 Å². The van der Waals surface area contributed by atoms with Gasteiger partial charge in [-0.15, -0.1) is 11.8 Å². The standard InChI is InChI=1S/C25H24FN5OS/c1-25(2)23(26)17-10-16(8-9-21(17)33-25)19-13-29-24(27)22(30-19)20-11-18(31-32-20)15-6-4-14(5-7-15)12-28-3/h4-11,13,23,28H,12H2,1-3H3,(H2,27,29). The molecule has 0 saturated heterocycles. The number of rotatable bonds is 5. The van der Waals surface area contributed by atoms with Gasteiger partial charge in [0.15, 0.2) is 17.3 Å². The lowest BCUT2D eigenvalue weighted by Gasteiger charge is -2.18. The largest absolute Gasteiger partial charge is 0.382 e. The first-order valence-corrected chi connectivity index (χ1v) is 11.5. The van der Waals surface area contributed by atoms with E-state index in [0.717, 1.165) is 22.6 Å². The fraction of sp³-hybridized carbons (Fsp3) is 0.240. The second kappa shape index (κ2) is 8.28. The first-order valence-electron chi connectivity index (χ1n) is 10.7. The quantitative estimate of drug-likeness (QED) is 0.396. The van der Waals surface area contributed by atoms with Crippen molar-refractivity contribution in [3.8, 4) is 34.0 Å². The molecule has 33 heavy (non-hydrogen) atoms. The molecular formula is C25H24FN5OS. The molecule has 5 rings (SSSR count). The third-order valence-corrected chi connectivity index (χ3v) is 7.06. The van der Waals surface area contributed by atoms with E-state index in [1.807, 2.05) is 63.4 Å². The highest BCUT2D eigenvalue weighted by molar-refractivity contribution is 8.01. The lowest BCUT2D eigenvalue weighted by molar-refractivity contribution is 0.292. The molecular weight excluding hydrogens is 437 g/mol. The average Bonchev–Trinajstić information content (AvgIpc) is 3.38. The minimum Gasteiger partial charge on any atom is -0.382 e. The van der Waals surface area contributed by atoms with Crippen LogP contribution >= 0.6 is 11.8 Å². The van der Waals surface area contributed by atoms with Crippen LogP contribution in [0.15, 0.2) is 64.1 Å². The number of fused-ring (bicyclic) bond motifs is 1. The van der Waals surface area contributed by atoms with E-state index in [2.05, 4.69) is 20.4 Å². The van der Waals surface area contributed by atoms with Gasteiger partial charge in [-0.25, -0.2) is 14.4 Å². The number of nitrogen functional groups attached to an aromatic ring is 1. The van der Waals surface area contributed by atoms with E-state index >= 15 is 0 Å². The van der Waals surface area contributed by atoms with Crippen LogP contribution in [0.25, 0.3) is 34.0 Å². The van der Waals surface area contributed by atoms with Crippen LogP contribution in [0.2, 0.25) is 0 Å². The van der Waals surface area contributed by atoms with Crippen molar-refractivity contribution >= 4 is 17.6 Å². The predicted molar refractivity (Wildman–Crippen MR) is 129 cm³/mol. The molecule has 0 spiro atoms. The van der Waals surface area contributed by atoms with Gasteiger partial charge in [0.1, 0.15) is 11.9 Å². The Balaban J connectivity index is 1.47. The van der Waals surface area contributed by atoms with Crippen molar-refractivity contribution in [2.45, 2.75) is 36.2 Å². The summed E-state index contributed by atoms with van der Waals surface area (Å²) in [5, 5.41) is 7.32. The van der Waals surface area contributed by atoms with Crippen molar-refractivity contribution in [3.05, 3.63) is 65.9 Å². The topological polar surface area (TPSA) is 89.9 Å². The minimum atomic E-state index is -1.05. The van der Waals surface area contributed by atoms with Gasteiger partial charge in [0, 0.05) is 34.2 Å². The number of nitrogens with one attached hydrogen (secondary N) is 1. The summed E-state index contributed by atoms with van der Waals surface area (Å²) in [5.74, 6) is 0.671. The molecule has 4 aromatic rings. The summed E-state index contributed by atoms with van der Waals surface area (Å²) in [6.07, 6.45) is 0.550. The fourth-order valence-electron chi connectivity index (χ4n) is 3.95. The van der Waals surface area contributed by atoms with Crippen LogP contribution in [0.1, 0.15) is 31.1 Å². The molecule has 8 heteroatoms. The molecule has 0 aliphatic carbocycles. The number of halogens is 1. The number of hydrogen-bond acceptors (Lipinski definition) is 7. The van der Waals surface area contributed by atoms with Gasteiger partial charge in [0.25, 0.3) is 0 Å². The second-order valence-corrected chi connectivity index (χ2v) is 10.3. The zero-order chi connectivity index (χ0) is 23.2. The van der Waals surface area contributed by atoms with E-state index in [9.17, 15) is 4.39 Å². The molecule has 3 heterocycles. The Morgan fingerprint density at radius 2 is 1.85 bits per heavy atom. The van der Waals surface area contributed by atoms with Crippen molar-refractivity contribution in [2.24, 2.45) is 0 Å². The van der Waals surface area contributed by atoms with Gasteiger partial charge in [-0.1, -0.05) is 35.5 Å². The van der Waals surface area contributed by atoms with Crippen molar-refractivity contribution in [2.75, 3.05) is 12.8 Å². The SMILES string of the molecule is CNCc1ccc(-c2cc(-c3nc(-c4ccc5c(c4)C(F)C(C)(C)S5)cnc3N)on2)cc1. The average molecular weight is 462 g/mol. The maximum absolute atomic E-state index is 14.9. The molecule has 2 aromatic heterocycles. The summed E-state index contributed by atoms with van der Waals surface area (Å²) < 4.78 is 20.0. The number of benzene rings is 2. The molecule has 0 amide bonds. The van der Waals surface area contributed by atoms with Gasteiger partial charge in [0.2, 0.25) is 0 Å². The van der Waals surface area contributed by atoms with Crippen LogP contribution in [-0.2, 0) is 6.54 Å². The van der Waals surface area contributed by atoms with E-state index < -0.39 is 10.9 Å². The van der Waals surface area contributed by atoms with E-state index in [1.54, 1.807) is 24.0 Å². The van der Waals surface area contributed by atoms with Crippen LogP contribution in [0.5, 0.6) is 0 Å². The maximum atomic E-state index is 14.9. The van der Waals surface area contributed by atoms with E-state index in [0.29, 0.717) is 28.4 Å². The summed E-state index contributed by atoms with van der Waals surface area (Å²) >= 11 is 1.55. The van der Waals surface area contributed by atoms with Crippen molar-refractivity contribution < 1.29 is 8.91 Å². The minimum absolute atomic E-state index is 0.243. The molecule has 1 unspecified atom stereocenters. The molecule has 0 saturated carbocycles. The highest BCUT2D eigenvalue weighted by Crippen LogP contribution is 2.54. The highest BCUT2D eigenvalue weighted by atomic mass is 32.2. The van der Waals surface area contributed by atoms with E-state index in [-0.39, 0.29) is 5.82 Å². The molecule has 1 atom stereocenters. The smallest absolute Gasteiger partial charge is 0.189 e. The second-order valence-electron chi connectivity index (χ2n) is 8.61. The van der Waals surface area contributed by atoms with Crippen molar-refractivity contribution in [1.82, 2.24) is 20.4 Å². The number of nitrogens with two attached hydrogens (primary N) is 1. The highest BCUT2D eigenvalue weighted by Gasteiger charge is 2.40. The molecule has 0 radical (unpaired) electrons. The molecule has 3 N–H and O–H groups in total. The normalized spacial score (nSPS) is 16.7. The number of hydrogen-bond donors (Lipinski definition) is 2. The fourth-order valence-corrected chi connectivity index (χ4v) is 5.16. The zero-order valence-corrected chi connectivity index (χ0v) is 19.4. The monoisotopic (exact) mass is 461 g/mol. The number of nitrogens with zero attached hydrogens (tertiary/aromatic N) is 3. The van der Waals surface area contributed by atoms with Crippen LogP contribution in [-0.4, -0.2) is 26.9 Å². The zero-order valence-electron chi connectivity index (χ0n) is 18.6. The summed E-state index contributed by atoms with van der Waals surface area (Å²) in [6.45, 7) is 4.63. The lowest BCUT2D eigenvalue weighted by Crippen LogP contribution is -2.16. The number of thioether (sulfide) groups is 1. The van der Waals surface area contributed by atoms with Crippen LogP contribution in [0.3, 0.4) is 0 Å². The Labute approximate surface area is 195 Å². The van der Waals surface area contributed by atoms with Gasteiger partial charge in [-0.2, -0.15) is 0 Å². The van der Waals surface area contributed by atoms with Crippen molar-refractivity contribution in [1.29, 1.82) is 0 Å². The van der Waals surface area contributed by atoms with Gasteiger partial charge >= 0.3 is 0 Å². The number of alkyl halides is 1. The molecule has 168 valence electrons. The maximum Gasteiger partial charge on any atom is 0.189 e. The Kier molecular flexibility index (Phi) is 5.42. The molecule has 6 nitrogen and oxygen atoms in total. The Morgan fingerprint density at radius 3 is 2.61 bits per heavy atom. The van der Waals surface area contributed by atoms with Gasteiger partial charge in [-0.05, 0) is 38.6 Å². The van der Waals surface area contributed by atoms with Gasteiger partial charge in [0.05, 0.1) is 16.6 Å². The molecule has 2 aromatic carbocycles. The van der Waals surface area contributed by atoms with Crippen LogP contribution in [0, 0.1) is 0 Å². The summed E-state index contributed by atoms with van der Waals surface area (Å²) in [4.78, 5) is 9.95. The van der Waals surface area contributed by atoms with E-state index in [1.165, 1.54) is 5.56 Å².